The molecular weight excluding hydrogens is 243 g/mol. The highest BCUT2D eigenvalue weighted by atomic mass is 35.5. The van der Waals surface area contributed by atoms with Crippen LogP contribution in [0.4, 0.5) is 19.0 Å². The SMILES string of the molecule is CC(C)c1nc(Cl)cc(NCC(F)(F)F)n1. The molecule has 1 aromatic rings. The summed E-state index contributed by atoms with van der Waals surface area (Å²) in [5.74, 6) is 0.503. The Hall–Kier alpha value is -1.04. The van der Waals surface area contributed by atoms with Crippen molar-refractivity contribution in [3.05, 3.63) is 17.0 Å². The first-order chi connectivity index (χ1) is 7.28. The van der Waals surface area contributed by atoms with E-state index in [0.29, 0.717) is 5.82 Å². The minimum absolute atomic E-state index is 0.00476. The smallest absolute Gasteiger partial charge is 0.361 e. The van der Waals surface area contributed by atoms with Crippen LogP contribution in [0.2, 0.25) is 5.15 Å². The van der Waals surface area contributed by atoms with Gasteiger partial charge >= 0.3 is 6.18 Å². The second-order valence-electron chi connectivity index (χ2n) is 3.56. The minimum atomic E-state index is -4.28. The molecule has 0 spiro atoms. The fourth-order valence-electron chi connectivity index (χ4n) is 0.975. The standard InChI is InChI=1S/C9H11ClF3N3/c1-5(2)8-15-6(10)3-7(16-8)14-4-9(11,12)13/h3,5H,4H2,1-2H3,(H,14,15,16). The normalized spacial score (nSPS) is 11.9. The van der Waals surface area contributed by atoms with E-state index in [9.17, 15) is 13.2 Å². The van der Waals surface area contributed by atoms with Crippen LogP contribution in [0.15, 0.2) is 6.07 Å². The van der Waals surface area contributed by atoms with Crippen LogP contribution >= 0.6 is 11.6 Å². The molecule has 0 atom stereocenters. The molecule has 0 saturated carbocycles. The summed E-state index contributed by atoms with van der Waals surface area (Å²) in [6.07, 6.45) is -4.28. The lowest BCUT2D eigenvalue weighted by atomic mass is 10.2. The molecule has 16 heavy (non-hydrogen) atoms. The molecule has 0 radical (unpaired) electrons. The van der Waals surface area contributed by atoms with Gasteiger partial charge in [-0.3, -0.25) is 0 Å². The molecule has 0 fully saturated rings. The van der Waals surface area contributed by atoms with Crippen molar-refractivity contribution in [1.29, 1.82) is 0 Å². The quantitative estimate of drug-likeness (QED) is 0.841. The van der Waals surface area contributed by atoms with E-state index in [2.05, 4.69) is 15.3 Å². The van der Waals surface area contributed by atoms with Crippen LogP contribution in [0, 0.1) is 0 Å². The molecule has 0 amide bonds. The third-order valence-corrected chi connectivity index (χ3v) is 1.89. The number of nitrogens with one attached hydrogen (secondary N) is 1. The van der Waals surface area contributed by atoms with Crippen molar-refractivity contribution in [2.24, 2.45) is 0 Å². The number of alkyl halides is 3. The largest absolute Gasteiger partial charge is 0.405 e. The molecule has 3 nitrogen and oxygen atoms in total. The van der Waals surface area contributed by atoms with Crippen molar-refractivity contribution in [3.63, 3.8) is 0 Å². The van der Waals surface area contributed by atoms with Crippen molar-refractivity contribution in [3.8, 4) is 0 Å². The Morgan fingerprint density at radius 3 is 2.50 bits per heavy atom. The molecule has 0 saturated heterocycles. The van der Waals surface area contributed by atoms with Gasteiger partial charge in [0.2, 0.25) is 0 Å². The molecular formula is C9H11ClF3N3. The molecule has 7 heteroatoms. The topological polar surface area (TPSA) is 37.8 Å². The predicted molar refractivity (Wildman–Crippen MR) is 55.7 cm³/mol. The summed E-state index contributed by atoms with van der Waals surface area (Å²) in [4.78, 5) is 7.84. The Bertz CT molecular complexity index is 366. The first kappa shape index (κ1) is 13.0. The van der Waals surface area contributed by atoms with Crippen LogP contribution in [0.5, 0.6) is 0 Å². The number of hydrogen-bond acceptors (Lipinski definition) is 3. The average molecular weight is 254 g/mol. The Labute approximate surface area is 96.0 Å². The minimum Gasteiger partial charge on any atom is -0.361 e. The first-order valence-electron chi connectivity index (χ1n) is 4.63. The summed E-state index contributed by atoms with van der Waals surface area (Å²) >= 11 is 5.67. The van der Waals surface area contributed by atoms with Gasteiger partial charge in [0, 0.05) is 12.0 Å². The van der Waals surface area contributed by atoms with Gasteiger partial charge in [-0.1, -0.05) is 25.4 Å². The highest BCUT2D eigenvalue weighted by molar-refractivity contribution is 6.29. The number of anilines is 1. The van der Waals surface area contributed by atoms with E-state index in [-0.39, 0.29) is 16.9 Å². The number of halogens is 4. The molecule has 1 heterocycles. The molecule has 0 aliphatic heterocycles. The van der Waals surface area contributed by atoms with E-state index in [1.54, 1.807) is 0 Å². The maximum atomic E-state index is 12.0. The monoisotopic (exact) mass is 253 g/mol. The van der Waals surface area contributed by atoms with E-state index in [1.165, 1.54) is 6.07 Å². The summed E-state index contributed by atoms with van der Waals surface area (Å²) in [5.41, 5.74) is 0. The van der Waals surface area contributed by atoms with Crippen molar-refractivity contribution in [2.75, 3.05) is 11.9 Å². The van der Waals surface area contributed by atoms with Crippen LogP contribution in [-0.4, -0.2) is 22.7 Å². The van der Waals surface area contributed by atoms with Gasteiger partial charge in [0.25, 0.3) is 0 Å². The molecule has 0 aromatic carbocycles. The van der Waals surface area contributed by atoms with E-state index >= 15 is 0 Å². The van der Waals surface area contributed by atoms with Crippen LogP contribution < -0.4 is 5.32 Å². The zero-order valence-corrected chi connectivity index (χ0v) is 9.52. The van der Waals surface area contributed by atoms with E-state index in [0.717, 1.165) is 0 Å². The molecule has 1 aromatic heterocycles. The Morgan fingerprint density at radius 2 is 2.00 bits per heavy atom. The first-order valence-corrected chi connectivity index (χ1v) is 5.01. The summed E-state index contributed by atoms with van der Waals surface area (Å²) in [6.45, 7) is 2.52. The zero-order valence-electron chi connectivity index (χ0n) is 8.77. The van der Waals surface area contributed by atoms with Crippen molar-refractivity contribution in [1.82, 2.24) is 9.97 Å². The number of rotatable bonds is 3. The van der Waals surface area contributed by atoms with Gasteiger partial charge in [0.15, 0.2) is 0 Å². The highest BCUT2D eigenvalue weighted by Crippen LogP contribution is 2.19. The third kappa shape index (κ3) is 4.22. The van der Waals surface area contributed by atoms with Gasteiger partial charge in [-0.25, -0.2) is 9.97 Å². The lowest BCUT2D eigenvalue weighted by molar-refractivity contribution is -0.115. The Balaban J connectivity index is 2.81. The zero-order chi connectivity index (χ0) is 12.3. The summed E-state index contributed by atoms with van der Waals surface area (Å²) in [6, 6.07) is 1.26. The molecule has 0 aliphatic rings. The van der Waals surface area contributed by atoms with Gasteiger partial charge in [-0.2, -0.15) is 13.2 Å². The molecule has 1 rings (SSSR count). The lowest BCUT2D eigenvalue weighted by Crippen LogP contribution is -2.22. The number of hydrogen-bond donors (Lipinski definition) is 1. The third-order valence-electron chi connectivity index (χ3n) is 1.70. The number of aromatic nitrogens is 2. The maximum absolute atomic E-state index is 12.0. The van der Waals surface area contributed by atoms with E-state index in [1.807, 2.05) is 13.8 Å². The average Bonchev–Trinajstić information content (AvgIpc) is 2.13. The summed E-state index contributed by atoms with van der Waals surface area (Å²) in [7, 11) is 0. The van der Waals surface area contributed by atoms with Crippen LogP contribution in [0.1, 0.15) is 25.6 Å². The Morgan fingerprint density at radius 1 is 1.38 bits per heavy atom. The van der Waals surface area contributed by atoms with Gasteiger partial charge in [0.05, 0.1) is 0 Å². The summed E-state index contributed by atoms with van der Waals surface area (Å²) < 4.78 is 35.9. The summed E-state index contributed by atoms with van der Waals surface area (Å²) in [5, 5.41) is 2.29. The van der Waals surface area contributed by atoms with Crippen LogP contribution in [-0.2, 0) is 0 Å². The lowest BCUT2D eigenvalue weighted by Gasteiger charge is -2.11. The number of nitrogens with zero attached hydrogens (tertiary/aromatic N) is 2. The van der Waals surface area contributed by atoms with Crippen molar-refractivity contribution < 1.29 is 13.2 Å². The van der Waals surface area contributed by atoms with Crippen molar-refractivity contribution in [2.45, 2.75) is 25.9 Å². The highest BCUT2D eigenvalue weighted by Gasteiger charge is 2.26. The fraction of sp³-hybridized carbons (Fsp3) is 0.556. The molecule has 1 N–H and O–H groups in total. The van der Waals surface area contributed by atoms with Crippen LogP contribution in [0.25, 0.3) is 0 Å². The van der Waals surface area contributed by atoms with Gasteiger partial charge < -0.3 is 5.32 Å². The fourth-order valence-corrected chi connectivity index (χ4v) is 1.16. The van der Waals surface area contributed by atoms with Gasteiger partial charge in [0.1, 0.15) is 23.3 Å². The van der Waals surface area contributed by atoms with E-state index in [4.69, 9.17) is 11.6 Å². The molecule has 0 aliphatic carbocycles. The van der Waals surface area contributed by atoms with Crippen molar-refractivity contribution >= 4 is 17.4 Å². The second kappa shape index (κ2) is 4.86. The molecule has 0 bridgehead atoms. The molecule has 90 valence electrons. The predicted octanol–water partition coefficient (Wildman–Crippen LogP) is 3.23. The van der Waals surface area contributed by atoms with Gasteiger partial charge in [-0.05, 0) is 0 Å². The maximum Gasteiger partial charge on any atom is 0.405 e. The second-order valence-corrected chi connectivity index (χ2v) is 3.94. The Kier molecular flexibility index (Phi) is 3.96. The van der Waals surface area contributed by atoms with Crippen LogP contribution in [0.3, 0.4) is 0 Å². The van der Waals surface area contributed by atoms with E-state index < -0.39 is 12.7 Å². The van der Waals surface area contributed by atoms with Gasteiger partial charge in [-0.15, -0.1) is 0 Å². The molecule has 0 unspecified atom stereocenters.